The molecule has 0 spiro atoms. The van der Waals surface area contributed by atoms with Crippen LogP contribution in [0.1, 0.15) is 31.9 Å². The zero-order chi connectivity index (χ0) is 64.1. The Balaban J connectivity index is 0.000000167. The number of pyridine rings is 3. The Hall–Kier alpha value is -8.77. The molecule has 4 N–H and O–H groups in total. The summed E-state index contributed by atoms with van der Waals surface area (Å²) in [5.74, 6) is -0.772. The van der Waals surface area contributed by atoms with Gasteiger partial charge in [0.05, 0.1) is 93.2 Å². The summed E-state index contributed by atoms with van der Waals surface area (Å²) in [6.07, 6.45) is 5.16. The number of aryl methyl sites for hydroxylation is 3. The fourth-order valence-electron chi connectivity index (χ4n) is 9.42. The van der Waals surface area contributed by atoms with Crippen molar-refractivity contribution < 1.29 is 43.2 Å². The number of nitrogens with zero attached hydrogens (tertiary/aromatic N) is 10. The molecule has 1 aliphatic rings. The Bertz CT molecular complexity index is 5010. The van der Waals surface area contributed by atoms with E-state index in [1.54, 1.807) is 55.3 Å². The second-order valence-corrected chi connectivity index (χ2v) is 27.5. The summed E-state index contributed by atoms with van der Waals surface area (Å²) < 4.78 is 130. The van der Waals surface area contributed by atoms with Crippen LogP contribution in [0.3, 0.4) is 0 Å². The summed E-state index contributed by atoms with van der Waals surface area (Å²) in [6, 6.07) is 44.4. The van der Waals surface area contributed by atoms with Gasteiger partial charge in [-0.2, -0.15) is 15.3 Å². The maximum Gasteiger partial charge on any atom is 0.263 e. The number of nitrogens with one attached hydrogen (secondary N) is 2. The van der Waals surface area contributed by atoms with Gasteiger partial charge in [-0.05, 0) is 180 Å². The Kier molecular flexibility index (Phi) is 22.0. The van der Waals surface area contributed by atoms with Gasteiger partial charge >= 0.3 is 0 Å². The van der Waals surface area contributed by atoms with Crippen molar-refractivity contribution in [2.45, 2.75) is 50.3 Å². The number of halogens is 6. The number of morpholine rings is 1. The van der Waals surface area contributed by atoms with E-state index in [1.807, 2.05) is 103 Å². The van der Waals surface area contributed by atoms with Crippen LogP contribution in [0.25, 0.3) is 49.8 Å². The first-order valence-corrected chi connectivity index (χ1v) is 33.8. The van der Waals surface area contributed by atoms with Crippen LogP contribution in [-0.4, -0.2) is 95.9 Å². The smallest absolute Gasteiger partial charge is 0.263 e. The Labute approximate surface area is 550 Å². The number of nitrogen functional groups attached to an aromatic ring is 1. The average Bonchev–Trinajstić information content (AvgIpc) is 1.57. The number of rotatable bonds is 11. The van der Waals surface area contributed by atoms with Gasteiger partial charge in [0.15, 0.2) is 0 Å². The second kappa shape index (κ2) is 29.2. The minimum Gasteiger partial charge on any atom is -0.384 e. The number of sulfonamides is 2. The molecule has 13 rings (SSSR count). The van der Waals surface area contributed by atoms with Gasteiger partial charge in [0.25, 0.3) is 29.1 Å². The highest BCUT2D eigenvalue weighted by Crippen LogP contribution is 2.31. The molecule has 12 aromatic rings. The van der Waals surface area contributed by atoms with Crippen molar-refractivity contribution in [2.24, 2.45) is 0 Å². The third kappa shape index (κ3) is 15.9. The molecule has 1 saturated heterocycles. The maximum atomic E-state index is 14.8. The number of hydrogen-bond donors (Lipinski definition) is 3. The zero-order valence-electron chi connectivity index (χ0n) is 47.5. The van der Waals surface area contributed by atoms with Gasteiger partial charge in [-0.1, -0.05) is 33.1 Å². The van der Waals surface area contributed by atoms with Crippen LogP contribution >= 0.6 is 42.5 Å². The van der Waals surface area contributed by atoms with Gasteiger partial charge in [-0.25, -0.2) is 52.5 Å². The minimum atomic E-state index is -4.06. The van der Waals surface area contributed by atoms with Gasteiger partial charge in [0.2, 0.25) is 0 Å². The van der Waals surface area contributed by atoms with Crippen molar-refractivity contribution in [3.8, 4) is 17.1 Å². The number of hydrogen-bond acceptors (Lipinski definition) is 15. The van der Waals surface area contributed by atoms with Gasteiger partial charge < -0.3 is 15.4 Å². The van der Waals surface area contributed by atoms with Gasteiger partial charge in [-0.15, -0.1) is 0 Å². The molecule has 1 aliphatic heterocycles. The third-order valence-electron chi connectivity index (χ3n) is 13.5. The minimum absolute atomic E-state index is 0. The van der Waals surface area contributed by atoms with Crippen LogP contribution in [0.4, 0.5) is 36.3 Å². The van der Waals surface area contributed by atoms with E-state index in [0.717, 1.165) is 62.3 Å². The molecular weight excluding hydrogens is 1400 g/mol. The van der Waals surface area contributed by atoms with Crippen LogP contribution < -0.4 is 20.1 Å². The summed E-state index contributed by atoms with van der Waals surface area (Å²) in [5.41, 5.74) is 13.2. The number of benzene rings is 6. The average molecular weight is 1460 g/mol. The highest BCUT2D eigenvalue weighted by molar-refractivity contribution is 9.10. The lowest BCUT2D eigenvalue weighted by atomic mass is 10.2. The highest BCUT2D eigenvalue weighted by atomic mass is 79.9. The number of aromatic nitrogens is 9. The van der Waals surface area contributed by atoms with Crippen molar-refractivity contribution in [1.29, 1.82) is 0 Å². The molecule has 0 bridgehead atoms. The molecule has 6 aromatic heterocycles. The van der Waals surface area contributed by atoms with Crippen LogP contribution in [0.2, 0.25) is 0 Å². The number of anilines is 4. The van der Waals surface area contributed by atoms with E-state index < -0.39 is 46.5 Å². The topological polar surface area (TPSA) is 257 Å². The van der Waals surface area contributed by atoms with Crippen LogP contribution in [0.15, 0.2) is 206 Å². The summed E-state index contributed by atoms with van der Waals surface area (Å²) in [5, 5.41) is 16.0. The predicted octanol–water partition coefficient (Wildman–Crippen LogP) is 14.0. The van der Waals surface area contributed by atoms with E-state index in [-0.39, 0.29) is 50.1 Å². The fourth-order valence-corrected chi connectivity index (χ4v) is 12.8. The molecule has 7 heterocycles. The summed E-state index contributed by atoms with van der Waals surface area (Å²) in [6.45, 7) is 7.59. The zero-order valence-corrected chi connectivity index (χ0v) is 53.9. The van der Waals surface area contributed by atoms with E-state index >= 15 is 0 Å². The molecule has 92 heavy (non-hydrogen) atoms. The first kappa shape index (κ1) is 69.1. The van der Waals surface area contributed by atoms with Crippen LogP contribution in [0.5, 0.6) is 0 Å². The molecule has 0 atom stereocenters. The van der Waals surface area contributed by atoms with Crippen molar-refractivity contribution in [3.63, 3.8) is 0 Å². The second-order valence-electron chi connectivity index (χ2n) is 19.8. The third-order valence-corrected chi connectivity index (χ3v) is 18.9. The summed E-state index contributed by atoms with van der Waals surface area (Å²) in [4.78, 5) is 14.2. The van der Waals surface area contributed by atoms with Crippen molar-refractivity contribution in [2.75, 3.05) is 46.4 Å². The Morgan fingerprint density at radius 2 is 0.859 bits per heavy atom. The molecular formula is C63H59Br2ClF3N13O7S3. The molecule has 0 saturated carbocycles. The molecule has 0 unspecified atom stereocenters. The molecule has 29 heteroatoms. The van der Waals surface area contributed by atoms with E-state index in [4.69, 9.17) is 21.2 Å². The lowest BCUT2D eigenvalue weighted by Crippen LogP contribution is -2.36. The standard InChI is InChI=1S/C23H22FN5O3S.C19H14BrFN4O2S.C13H12N4.C6H3BrClFO2S.2CH4/c1-16-14-23(29(26-16)21-6-2-5-20-18(21)4-3-9-25-20)27-33(30,31)17-7-8-22(19(24)15-17)28-10-12-32-13-11-28;1-12-10-19(24-28(26,27)13-7-8-15(20)16(21)11-13)25(23-12)18-6-2-5-17-14(18)4-3-9-22-17;1-9-8-13(14)17(16-9)12-6-2-5-11-10(12)4-3-7-15-11;7-5-2-1-4(3-6(5)9)12(8,10)11;;/h2-9,14-15,27H,10-13H2,1H3;2-11,24H,1H3;2-8H,14H2,1H3;1-3H;2*1H4. The molecule has 0 aliphatic carbocycles. The molecule has 0 radical (unpaired) electrons. The quantitative estimate of drug-likeness (QED) is 0.102. The molecule has 478 valence electrons. The number of ether oxygens (including phenoxy) is 1. The number of fused-ring (bicyclic) bond motifs is 3. The van der Waals surface area contributed by atoms with E-state index in [0.29, 0.717) is 60.6 Å². The summed E-state index contributed by atoms with van der Waals surface area (Å²) in [7, 11) is -6.93. The normalized spacial score (nSPS) is 12.3. The number of nitrogens with two attached hydrogens (primary N) is 1. The monoisotopic (exact) mass is 1460 g/mol. The van der Waals surface area contributed by atoms with E-state index in [9.17, 15) is 38.4 Å². The fraction of sp³-hybridized carbons (Fsp3) is 0.143. The van der Waals surface area contributed by atoms with Crippen molar-refractivity contribution in [3.05, 3.63) is 226 Å². The van der Waals surface area contributed by atoms with Crippen LogP contribution in [-0.2, 0) is 33.8 Å². The van der Waals surface area contributed by atoms with Crippen molar-refractivity contribution >= 4 is 127 Å². The first-order chi connectivity index (χ1) is 42.9. The lowest BCUT2D eigenvalue weighted by Gasteiger charge is -2.29. The predicted molar refractivity (Wildman–Crippen MR) is 361 cm³/mol. The summed E-state index contributed by atoms with van der Waals surface area (Å²) >= 11 is 5.90. The van der Waals surface area contributed by atoms with E-state index in [1.165, 1.54) is 45.8 Å². The maximum absolute atomic E-state index is 14.8. The molecule has 0 amide bonds. The highest BCUT2D eigenvalue weighted by Gasteiger charge is 2.24. The van der Waals surface area contributed by atoms with Gasteiger partial charge in [0, 0.05) is 76.7 Å². The van der Waals surface area contributed by atoms with Gasteiger partial charge in [-0.3, -0.25) is 24.4 Å². The lowest BCUT2D eigenvalue weighted by molar-refractivity contribution is 0.122. The SMILES string of the molecule is C.C.Cc1cc(N)n(-c2cccc3ncccc23)n1.Cc1cc(NS(=O)(=O)c2ccc(Br)c(F)c2)n(-c2cccc3ncccc23)n1.Cc1cc(NS(=O)(=O)c2ccc(N3CCOCC3)c(F)c2)n(-c2cccc3ncccc23)n1.O=S(=O)(Cl)c1ccc(Br)c(F)c1. The first-order valence-electron chi connectivity index (χ1n) is 26.9. The van der Waals surface area contributed by atoms with Crippen LogP contribution in [0, 0.1) is 38.2 Å². The Morgan fingerprint density at radius 1 is 0.478 bits per heavy atom. The van der Waals surface area contributed by atoms with Gasteiger partial charge in [0.1, 0.15) is 34.9 Å². The van der Waals surface area contributed by atoms with E-state index in [2.05, 4.69) is 71.6 Å². The van der Waals surface area contributed by atoms with Crippen molar-refractivity contribution in [1.82, 2.24) is 44.3 Å². The molecule has 6 aromatic carbocycles. The molecule has 1 fully saturated rings. The largest absolute Gasteiger partial charge is 0.384 e. The Morgan fingerprint density at radius 3 is 1.26 bits per heavy atom. The molecule has 20 nitrogen and oxygen atoms in total.